The van der Waals surface area contributed by atoms with E-state index in [0.29, 0.717) is 39.6 Å². The lowest BCUT2D eigenvalue weighted by atomic mass is 10.2. The number of hydrogen-bond acceptors (Lipinski definition) is 7. The van der Waals surface area contributed by atoms with E-state index in [1.165, 1.54) is 57.8 Å². The van der Waals surface area contributed by atoms with Crippen LogP contribution in [0.3, 0.4) is 0 Å². The van der Waals surface area contributed by atoms with E-state index >= 15 is 0 Å². The fraction of sp³-hybridized carbons (Fsp3) is 1.00. The molecule has 0 unspecified atom stereocenters. The van der Waals surface area contributed by atoms with Crippen molar-refractivity contribution in [2.75, 3.05) is 59.5 Å². The second-order valence-electron chi connectivity index (χ2n) is 7.97. The maximum atomic E-state index is 12.9. The molecule has 0 rings (SSSR count). The molecule has 0 atom stereocenters. The number of hydrogen-bond donors (Lipinski definition) is 0. The van der Waals surface area contributed by atoms with Gasteiger partial charge in [0.1, 0.15) is 0 Å². The Bertz CT molecular complexity index is 353. The highest BCUT2D eigenvalue weighted by atomic mass is 31.2. The van der Waals surface area contributed by atoms with Gasteiger partial charge in [0.05, 0.1) is 39.6 Å². The van der Waals surface area contributed by atoms with Crippen molar-refractivity contribution in [3.63, 3.8) is 0 Å². The molecule has 0 aromatic carbocycles. The van der Waals surface area contributed by atoms with Gasteiger partial charge in [-0.2, -0.15) is 0 Å². The molecule has 0 amide bonds. The van der Waals surface area contributed by atoms with Crippen LogP contribution in [0, 0.1) is 0 Å². The van der Waals surface area contributed by atoms with E-state index in [-0.39, 0.29) is 19.8 Å². The summed E-state index contributed by atoms with van der Waals surface area (Å²) in [7, 11) is -3.66. The van der Waals surface area contributed by atoms with Crippen molar-refractivity contribution in [1.29, 1.82) is 0 Å². The van der Waals surface area contributed by atoms with Gasteiger partial charge in [-0.05, 0) is 19.3 Å². The van der Waals surface area contributed by atoms with Crippen molar-refractivity contribution in [2.45, 2.75) is 97.8 Å². The SMILES string of the molecule is CCCCCCOCCOP(=O)(OCCOCCCCCC)OCCOCCCCCC. The summed E-state index contributed by atoms with van der Waals surface area (Å²) >= 11 is 0. The molecule has 0 radical (unpaired) electrons. The molecule has 0 aliphatic heterocycles. The number of phosphoric acid groups is 1. The summed E-state index contributed by atoms with van der Waals surface area (Å²) in [5.74, 6) is 0. The molecule has 7 nitrogen and oxygen atoms in total. The van der Waals surface area contributed by atoms with E-state index in [1.54, 1.807) is 0 Å². The van der Waals surface area contributed by atoms with Gasteiger partial charge in [0.2, 0.25) is 0 Å². The van der Waals surface area contributed by atoms with E-state index in [0.717, 1.165) is 19.3 Å². The van der Waals surface area contributed by atoms with Crippen LogP contribution in [0.1, 0.15) is 97.8 Å². The summed E-state index contributed by atoms with van der Waals surface area (Å²) in [5.41, 5.74) is 0. The molecule has 32 heavy (non-hydrogen) atoms. The van der Waals surface area contributed by atoms with Gasteiger partial charge >= 0.3 is 7.82 Å². The van der Waals surface area contributed by atoms with Crippen molar-refractivity contribution in [1.82, 2.24) is 0 Å². The van der Waals surface area contributed by atoms with Gasteiger partial charge in [0, 0.05) is 19.8 Å². The molecule has 0 aliphatic rings. The largest absolute Gasteiger partial charge is 0.475 e. The summed E-state index contributed by atoms with van der Waals surface area (Å²) in [5, 5.41) is 0. The second kappa shape index (κ2) is 25.6. The third-order valence-electron chi connectivity index (χ3n) is 4.86. The highest BCUT2D eigenvalue weighted by Crippen LogP contribution is 2.49. The van der Waals surface area contributed by atoms with Crippen LogP contribution in [-0.4, -0.2) is 59.5 Å². The maximum Gasteiger partial charge on any atom is 0.475 e. The highest BCUT2D eigenvalue weighted by molar-refractivity contribution is 7.48. The monoisotopic (exact) mass is 482 g/mol. The Morgan fingerprint density at radius 2 is 0.719 bits per heavy atom. The molecule has 0 fully saturated rings. The quantitative estimate of drug-likeness (QED) is 0.0928. The van der Waals surface area contributed by atoms with Gasteiger partial charge in [-0.1, -0.05) is 78.6 Å². The van der Waals surface area contributed by atoms with Crippen LogP contribution in [0.25, 0.3) is 0 Å². The molecule has 0 saturated carbocycles. The minimum atomic E-state index is -3.66. The third kappa shape index (κ3) is 23.2. The summed E-state index contributed by atoms with van der Waals surface area (Å²) in [6, 6.07) is 0. The Kier molecular flexibility index (Phi) is 25.6. The van der Waals surface area contributed by atoms with Crippen molar-refractivity contribution in [2.24, 2.45) is 0 Å². The first-order chi connectivity index (χ1) is 15.7. The van der Waals surface area contributed by atoms with Crippen LogP contribution in [0.4, 0.5) is 0 Å². The van der Waals surface area contributed by atoms with Gasteiger partial charge in [-0.3, -0.25) is 13.6 Å². The van der Waals surface area contributed by atoms with Crippen LogP contribution in [0.15, 0.2) is 0 Å². The van der Waals surface area contributed by atoms with E-state index in [4.69, 9.17) is 27.8 Å². The normalized spacial score (nSPS) is 12.0. The standard InChI is InChI=1S/C24H51O7P/c1-4-7-10-13-16-26-19-22-29-32(25,30-23-20-27-17-14-11-8-5-2)31-24-21-28-18-15-12-9-6-3/h4-24H2,1-3H3. The van der Waals surface area contributed by atoms with Gasteiger partial charge in [-0.25, -0.2) is 4.57 Å². The minimum Gasteiger partial charge on any atom is -0.379 e. The molecule has 0 aromatic rings. The molecule has 8 heteroatoms. The van der Waals surface area contributed by atoms with Crippen molar-refractivity contribution >= 4 is 7.82 Å². The number of ether oxygens (including phenoxy) is 3. The summed E-state index contributed by atoms with van der Waals surface area (Å²) in [6.45, 7) is 10.2. The van der Waals surface area contributed by atoms with Gasteiger partial charge in [-0.15, -0.1) is 0 Å². The van der Waals surface area contributed by atoms with Crippen LogP contribution in [0.5, 0.6) is 0 Å². The first-order valence-electron chi connectivity index (χ1n) is 12.9. The second-order valence-corrected chi connectivity index (χ2v) is 9.64. The predicted molar refractivity (Wildman–Crippen MR) is 130 cm³/mol. The van der Waals surface area contributed by atoms with Gasteiger partial charge in [0.25, 0.3) is 0 Å². The van der Waals surface area contributed by atoms with Crippen LogP contribution < -0.4 is 0 Å². The Balaban J connectivity index is 4.06. The predicted octanol–water partition coefficient (Wildman–Crippen LogP) is 6.94. The first kappa shape index (κ1) is 32.0. The van der Waals surface area contributed by atoms with Crippen LogP contribution >= 0.6 is 7.82 Å². The smallest absolute Gasteiger partial charge is 0.379 e. The van der Waals surface area contributed by atoms with E-state index < -0.39 is 7.82 Å². The van der Waals surface area contributed by atoms with Crippen molar-refractivity contribution in [3.8, 4) is 0 Å². The fourth-order valence-electron chi connectivity index (χ4n) is 2.93. The molecule has 0 aromatic heterocycles. The highest BCUT2D eigenvalue weighted by Gasteiger charge is 2.26. The number of rotatable bonds is 27. The molecular weight excluding hydrogens is 431 g/mol. The molecule has 0 saturated heterocycles. The lowest BCUT2D eigenvalue weighted by Crippen LogP contribution is -2.12. The number of phosphoric ester groups is 1. The molecule has 0 spiro atoms. The molecule has 0 heterocycles. The van der Waals surface area contributed by atoms with Crippen LogP contribution in [0.2, 0.25) is 0 Å². The lowest BCUT2D eigenvalue weighted by molar-refractivity contribution is 0.0327. The summed E-state index contributed by atoms with van der Waals surface area (Å²) < 4.78 is 45.9. The first-order valence-corrected chi connectivity index (χ1v) is 14.4. The fourth-order valence-corrected chi connectivity index (χ4v) is 4.05. The zero-order valence-electron chi connectivity index (χ0n) is 21.2. The van der Waals surface area contributed by atoms with Crippen molar-refractivity contribution in [3.05, 3.63) is 0 Å². The van der Waals surface area contributed by atoms with Crippen LogP contribution in [-0.2, 0) is 32.3 Å². The number of unbranched alkanes of at least 4 members (excludes halogenated alkanes) is 9. The molecule has 0 aliphatic carbocycles. The average molecular weight is 483 g/mol. The van der Waals surface area contributed by atoms with Gasteiger partial charge < -0.3 is 14.2 Å². The lowest BCUT2D eigenvalue weighted by Gasteiger charge is -2.18. The van der Waals surface area contributed by atoms with E-state index in [9.17, 15) is 4.57 Å². The summed E-state index contributed by atoms with van der Waals surface area (Å²) in [6.07, 6.45) is 13.9. The molecule has 194 valence electrons. The average Bonchev–Trinajstić information content (AvgIpc) is 2.79. The zero-order valence-corrected chi connectivity index (χ0v) is 22.0. The minimum absolute atomic E-state index is 0.167. The molecule has 0 N–H and O–H groups in total. The zero-order chi connectivity index (χ0) is 23.6. The maximum absolute atomic E-state index is 12.9. The third-order valence-corrected chi connectivity index (χ3v) is 6.35. The van der Waals surface area contributed by atoms with Crippen molar-refractivity contribution < 1.29 is 32.3 Å². The summed E-state index contributed by atoms with van der Waals surface area (Å²) in [4.78, 5) is 0. The topological polar surface area (TPSA) is 72.5 Å². The molecular formula is C24H51O7P. The Hall–Kier alpha value is -0.0100. The molecule has 0 bridgehead atoms. The van der Waals surface area contributed by atoms with E-state index in [1.807, 2.05) is 0 Å². The van der Waals surface area contributed by atoms with E-state index in [2.05, 4.69) is 20.8 Å². The van der Waals surface area contributed by atoms with Gasteiger partial charge in [0.15, 0.2) is 0 Å². The Morgan fingerprint density at radius 1 is 0.406 bits per heavy atom. The Morgan fingerprint density at radius 3 is 1.00 bits per heavy atom. The Labute approximate surface area is 197 Å².